The number of carbonyl (C=O) groups excluding carboxylic acids is 1. The number of unbranched alkanes of at least 4 members (excludes halogenated alkanes) is 3. The van der Waals surface area contributed by atoms with Gasteiger partial charge in [0.2, 0.25) is 0 Å². The summed E-state index contributed by atoms with van der Waals surface area (Å²) in [7, 11) is 0. The first-order valence-electron chi connectivity index (χ1n) is 6.65. The van der Waals surface area contributed by atoms with Crippen LogP contribution in [0.15, 0.2) is 0 Å². The number of esters is 1. The fourth-order valence-corrected chi connectivity index (χ4v) is 1.60. The third-order valence-electron chi connectivity index (χ3n) is 2.77. The van der Waals surface area contributed by atoms with Gasteiger partial charge in [0.15, 0.2) is 0 Å². The van der Waals surface area contributed by atoms with E-state index in [1.54, 1.807) is 0 Å². The summed E-state index contributed by atoms with van der Waals surface area (Å²) in [6.45, 7) is 4.01. The van der Waals surface area contributed by atoms with Gasteiger partial charge < -0.3 is 15.6 Å². The largest absolute Gasteiger partial charge is 0.480 e. The third kappa shape index (κ3) is 8.98. The van der Waals surface area contributed by atoms with E-state index in [0.717, 1.165) is 19.3 Å². The molecular weight excluding hydrogens is 234 g/mol. The molecule has 3 N–H and O–H groups in total. The van der Waals surface area contributed by atoms with Crippen LogP contribution in [0.3, 0.4) is 0 Å². The van der Waals surface area contributed by atoms with E-state index >= 15 is 0 Å². The summed E-state index contributed by atoms with van der Waals surface area (Å²) >= 11 is 0. The first-order chi connectivity index (χ1) is 8.47. The lowest BCUT2D eigenvalue weighted by molar-refractivity contribution is -0.149. The number of carboxylic acids is 1. The monoisotopic (exact) mass is 259 g/mol. The molecular formula is C13H25NO4. The second-order valence-electron chi connectivity index (χ2n) is 4.63. The van der Waals surface area contributed by atoms with Gasteiger partial charge in [-0.1, -0.05) is 26.2 Å². The summed E-state index contributed by atoms with van der Waals surface area (Å²) < 4.78 is 5.17. The lowest BCUT2D eigenvalue weighted by atomic mass is 10.1. The van der Waals surface area contributed by atoms with E-state index in [1.807, 2.05) is 6.92 Å². The number of hydrogen-bond donors (Lipinski definition) is 2. The first-order valence-corrected chi connectivity index (χ1v) is 6.65. The highest BCUT2D eigenvalue weighted by atomic mass is 16.5. The van der Waals surface area contributed by atoms with Crippen molar-refractivity contribution in [1.82, 2.24) is 0 Å². The van der Waals surface area contributed by atoms with Gasteiger partial charge in [-0.3, -0.25) is 9.59 Å². The molecule has 5 nitrogen and oxygen atoms in total. The molecule has 0 fully saturated rings. The molecule has 0 aromatic rings. The molecule has 18 heavy (non-hydrogen) atoms. The van der Waals surface area contributed by atoms with Crippen molar-refractivity contribution in [3.05, 3.63) is 0 Å². The van der Waals surface area contributed by atoms with Crippen molar-refractivity contribution in [2.24, 2.45) is 5.73 Å². The van der Waals surface area contributed by atoms with Gasteiger partial charge in [-0.2, -0.15) is 0 Å². The Kier molecular flexibility index (Phi) is 9.28. The van der Waals surface area contributed by atoms with Crippen LogP contribution in [0.25, 0.3) is 0 Å². The van der Waals surface area contributed by atoms with Gasteiger partial charge in [0.05, 0.1) is 6.10 Å². The number of carboxylic acid groups (broad SMARTS) is 1. The quantitative estimate of drug-likeness (QED) is 0.463. The molecule has 0 heterocycles. The van der Waals surface area contributed by atoms with Crippen molar-refractivity contribution >= 4 is 11.9 Å². The number of ether oxygens (including phenoxy) is 1. The molecule has 0 saturated carbocycles. The van der Waals surface area contributed by atoms with E-state index in [9.17, 15) is 9.59 Å². The Morgan fingerprint density at radius 1 is 1.22 bits per heavy atom. The van der Waals surface area contributed by atoms with E-state index in [4.69, 9.17) is 15.6 Å². The highest BCUT2D eigenvalue weighted by Crippen LogP contribution is 2.09. The summed E-state index contributed by atoms with van der Waals surface area (Å²) in [6, 6.07) is -0.989. The lowest BCUT2D eigenvalue weighted by Crippen LogP contribution is -2.31. The number of hydrogen-bond acceptors (Lipinski definition) is 4. The highest BCUT2D eigenvalue weighted by Gasteiger charge is 2.15. The topological polar surface area (TPSA) is 89.6 Å². The smallest absolute Gasteiger partial charge is 0.320 e. The third-order valence-corrected chi connectivity index (χ3v) is 2.77. The van der Waals surface area contributed by atoms with E-state index in [0.29, 0.717) is 0 Å². The molecule has 0 aromatic heterocycles. The van der Waals surface area contributed by atoms with Crippen LogP contribution in [0.1, 0.15) is 58.8 Å². The summed E-state index contributed by atoms with van der Waals surface area (Å²) in [6.07, 6.45) is 5.53. The summed E-state index contributed by atoms with van der Waals surface area (Å²) in [5.41, 5.74) is 5.30. The van der Waals surface area contributed by atoms with Crippen molar-refractivity contribution in [2.45, 2.75) is 70.9 Å². The normalized spacial score (nSPS) is 13.9. The molecule has 0 aliphatic rings. The predicted molar refractivity (Wildman–Crippen MR) is 69.2 cm³/mol. The zero-order valence-electron chi connectivity index (χ0n) is 11.4. The highest BCUT2D eigenvalue weighted by molar-refractivity contribution is 5.75. The fraction of sp³-hybridized carbons (Fsp3) is 0.846. The molecule has 0 aliphatic carbocycles. The second kappa shape index (κ2) is 9.88. The maximum Gasteiger partial charge on any atom is 0.320 e. The van der Waals surface area contributed by atoms with Gasteiger partial charge in [0, 0.05) is 6.42 Å². The van der Waals surface area contributed by atoms with Crippen LogP contribution in [0, 0.1) is 0 Å². The van der Waals surface area contributed by atoms with Crippen molar-refractivity contribution in [1.29, 1.82) is 0 Å². The summed E-state index contributed by atoms with van der Waals surface area (Å²) in [5.74, 6) is -1.45. The van der Waals surface area contributed by atoms with Crippen molar-refractivity contribution in [3.8, 4) is 0 Å². The SMILES string of the molecule is CCCCCCC(C)OC(=O)CCC(N)C(=O)O. The molecule has 2 unspecified atom stereocenters. The second-order valence-corrected chi connectivity index (χ2v) is 4.63. The standard InChI is InChI=1S/C13H25NO4/c1-3-4-5-6-7-10(2)18-12(15)9-8-11(14)13(16)17/h10-11H,3-9,14H2,1-2H3,(H,16,17). The molecule has 0 spiro atoms. The van der Waals surface area contributed by atoms with Crippen LogP contribution in [0.4, 0.5) is 0 Å². The minimum atomic E-state index is -1.09. The Bertz CT molecular complexity index is 255. The Morgan fingerprint density at radius 2 is 1.89 bits per heavy atom. The predicted octanol–water partition coefficient (Wildman–Crippen LogP) is 2.08. The molecule has 0 aliphatic heterocycles. The lowest BCUT2D eigenvalue weighted by Gasteiger charge is -2.13. The Morgan fingerprint density at radius 3 is 2.44 bits per heavy atom. The van der Waals surface area contributed by atoms with Crippen LogP contribution in [0.5, 0.6) is 0 Å². The van der Waals surface area contributed by atoms with Crippen molar-refractivity contribution in [2.75, 3.05) is 0 Å². The molecule has 0 bridgehead atoms. The van der Waals surface area contributed by atoms with Crippen LogP contribution in [0.2, 0.25) is 0 Å². The zero-order chi connectivity index (χ0) is 14.0. The number of aliphatic carboxylic acids is 1. The van der Waals surface area contributed by atoms with Gasteiger partial charge in [-0.15, -0.1) is 0 Å². The fourth-order valence-electron chi connectivity index (χ4n) is 1.60. The Hall–Kier alpha value is -1.10. The van der Waals surface area contributed by atoms with Crippen LogP contribution < -0.4 is 5.73 Å². The maximum absolute atomic E-state index is 11.4. The molecule has 0 aromatic carbocycles. The number of carbonyl (C=O) groups is 2. The zero-order valence-corrected chi connectivity index (χ0v) is 11.4. The average Bonchev–Trinajstić information content (AvgIpc) is 2.31. The van der Waals surface area contributed by atoms with Crippen molar-refractivity contribution < 1.29 is 19.4 Å². The molecule has 106 valence electrons. The van der Waals surface area contributed by atoms with Gasteiger partial charge in [0.1, 0.15) is 6.04 Å². The molecule has 2 atom stereocenters. The molecule has 0 rings (SSSR count). The number of nitrogens with two attached hydrogens (primary N) is 1. The molecule has 0 amide bonds. The molecule has 5 heteroatoms. The van der Waals surface area contributed by atoms with Gasteiger partial charge in [0.25, 0.3) is 0 Å². The summed E-state index contributed by atoms with van der Waals surface area (Å²) in [5, 5.41) is 8.57. The maximum atomic E-state index is 11.4. The van der Waals surface area contributed by atoms with Gasteiger partial charge in [-0.25, -0.2) is 0 Å². The average molecular weight is 259 g/mol. The number of rotatable bonds is 10. The molecule has 0 radical (unpaired) electrons. The first kappa shape index (κ1) is 16.9. The van der Waals surface area contributed by atoms with Crippen molar-refractivity contribution in [3.63, 3.8) is 0 Å². The minimum absolute atomic E-state index is 0.0623. The van der Waals surface area contributed by atoms with Crippen LogP contribution >= 0.6 is 0 Å². The van der Waals surface area contributed by atoms with Crippen LogP contribution in [-0.2, 0) is 14.3 Å². The van der Waals surface area contributed by atoms with E-state index < -0.39 is 12.0 Å². The molecule has 0 saturated heterocycles. The Labute approximate surface area is 109 Å². The van der Waals surface area contributed by atoms with E-state index in [-0.39, 0.29) is 24.9 Å². The minimum Gasteiger partial charge on any atom is -0.480 e. The van der Waals surface area contributed by atoms with E-state index in [2.05, 4.69) is 6.92 Å². The van der Waals surface area contributed by atoms with E-state index in [1.165, 1.54) is 12.8 Å². The van der Waals surface area contributed by atoms with Crippen LogP contribution in [-0.4, -0.2) is 29.2 Å². The Balaban J connectivity index is 3.64. The summed E-state index contributed by atoms with van der Waals surface area (Å²) in [4.78, 5) is 21.9. The van der Waals surface area contributed by atoms with Gasteiger partial charge >= 0.3 is 11.9 Å². The van der Waals surface area contributed by atoms with Gasteiger partial charge in [-0.05, 0) is 26.2 Å².